The predicted molar refractivity (Wildman–Crippen MR) is 97.5 cm³/mol. The van der Waals surface area contributed by atoms with E-state index in [1.54, 1.807) is 31.2 Å². The van der Waals surface area contributed by atoms with Gasteiger partial charge in [0.25, 0.3) is 0 Å². The van der Waals surface area contributed by atoms with Crippen molar-refractivity contribution in [1.82, 2.24) is 4.98 Å². The number of nitrogens with zero attached hydrogens (tertiary/aromatic N) is 1. The van der Waals surface area contributed by atoms with Crippen molar-refractivity contribution in [2.75, 3.05) is 5.75 Å². The SMILES string of the molecule is Cc1ccc(OC(F)F)c(C(=O)CSc2nc3cc(Cl)ccc3s2)c1. The third kappa shape index (κ3) is 4.48. The number of benzene rings is 2. The molecule has 0 spiro atoms. The fourth-order valence-electron chi connectivity index (χ4n) is 2.21. The third-order valence-corrected chi connectivity index (χ3v) is 5.72. The van der Waals surface area contributed by atoms with Crippen LogP contribution in [0.3, 0.4) is 0 Å². The van der Waals surface area contributed by atoms with Crippen LogP contribution < -0.4 is 4.74 Å². The molecule has 25 heavy (non-hydrogen) atoms. The van der Waals surface area contributed by atoms with Gasteiger partial charge in [0.2, 0.25) is 0 Å². The number of ether oxygens (including phenoxy) is 1. The number of halogens is 3. The van der Waals surface area contributed by atoms with E-state index >= 15 is 0 Å². The highest BCUT2D eigenvalue weighted by Gasteiger charge is 2.17. The number of hydrogen-bond donors (Lipinski definition) is 0. The van der Waals surface area contributed by atoms with Gasteiger partial charge >= 0.3 is 6.61 Å². The Morgan fingerprint density at radius 3 is 2.88 bits per heavy atom. The van der Waals surface area contributed by atoms with Gasteiger partial charge < -0.3 is 4.74 Å². The van der Waals surface area contributed by atoms with Gasteiger partial charge in [0, 0.05) is 5.02 Å². The zero-order valence-electron chi connectivity index (χ0n) is 13.0. The molecule has 0 unspecified atom stereocenters. The van der Waals surface area contributed by atoms with E-state index in [2.05, 4.69) is 9.72 Å². The molecule has 0 saturated heterocycles. The van der Waals surface area contributed by atoms with E-state index in [9.17, 15) is 13.6 Å². The summed E-state index contributed by atoms with van der Waals surface area (Å²) in [6, 6.07) is 9.98. The summed E-state index contributed by atoms with van der Waals surface area (Å²) in [4.78, 5) is 16.9. The Hall–Kier alpha value is -1.70. The molecular formula is C17H12ClF2NO2S2. The Morgan fingerprint density at radius 1 is 1.32 bits per heavy atom. The average molecular weight is 400 g/mol. The molecule has 3 nitrogen and oxygen atoms in total. The first kappa shape index (κ1) is 18.1. The summed E-state index contributed by atoms with van der Waals surface area (Å²) in [5, 5.41) is 0.596. The van der Waals surface area contributed by atoms with Crippen LogP contribution >= 0.6 is 34.7 Å². The molecule has 2 aromatic carbocycles. The molecule has 8 heteroatoms. The Kier molecular flexibility index (Phi) is 5.56. The standard InChI is InChI=1S/C17H12ClF2NO2S2/c1-9-2-4-14(23-16(19)20)11(6-9)13(22)8-24-17-21-12-7-10(18)3-5-15(12)25-17/h2-7,16H,8H2,1H3. The van der Waals surface area contributed by atoms with Gasteiger partial charge in [0.15, 0.2) is 10.1 Å². The number of carbonyl (C=O) groups excluding carboxylic acids is 1. The first-order chi connectivity index (χ1) is 11.9. The van der Waals surface area contributed by atoms with Gasteiger partial charge in [0.05, 0.1) is 21.5 Å². The quantitative estimate of drug-likeness (QED) is 0.386. The molecule has 3 rings (SSSR count). The maximum atomic E-state index is 12.5. The largest absolute Gasteiger partial charge is 0.434 e. The lowest BCUT2D eigenvalue weighted by Crippen LogP contribution is -2.10. The Labute approximate surface area is 156 Å². The van der Waals surface area contributed by atoms with Crippen LogP contribution in [-0.2, 0) is 0 Å². The minimum absolute atomic E-state index is 0.0800. The van der Waals surface area contributed by atoms with Crippen LogP contribution in [0.4, 0.5) is 8.78 Å². The lowest BCUT2D eigenvalue weighted by molar-refractivity contribution is -0.0501. The summed E-state index contributed by atoms with van der Waals surface area (Å²) in [5.74, 6) is -0.319. The Balaban J connectivity index is 1.76. The highest BCUT2D eigenvalue weighted by Crippen LogP contribution is 2.32. The number of thioether (sulfide) groups is 1. The van der Waals surface area contributed by atoms with E-state index in [1.165, 1.54) is 29.2 Å². The van der Waals surface area contributed by atoms with Gasteiger partial charge in [-0.1, -0.05) is 35.0 Å². The van der Waals surface area contributed by atoms with Crippen LogP contribution in [0.15, 0.2) is 40.7 Å². The molecule has 3 aromatic rings. The van der Waals surface area contributed by atoms with Gasteiger partial charge in [0.1, 0.15) is 5.75 Å². The van der Waals surface area contributed by atoms with Gasteiger partial charge in [-0.2, -0.15) is 8.78 Å². The molecule has 0 aliphatic carbocycles. The minimum Gasteiger partial charge on any atom is -0.434 e. The third-order valence-electron chi connectivity index (χ3n) is 3.31. The van der Waals surface area contributed by atoms with Gasteiger partial charge in [-0.25, -0.2) is 4.98 Å². The number of fused-ring (bicyclic) bond motifs is 1. The molecule has 1 heterocycles. The Morgan fingerprint density at radius 2 is 2.12 bits per heavy atom. The summed E-state index contributed by atoms with van der Waals surface area (Å²) >= 11 is 8.65. The first-order valence-electron chi connectivity index (χ1n) is 7.20. The number of hydrogen-bond acceptors (Lipinski definition) is 5. The van der Waals surface area contributed by atoms with Crippen molar-refractivity contribution in [2.45, 2.75) is 17.9 Å². The number of aromatic nitrogens is 1. The number of ketones is 1. The molecule has 0 amide bonds. The smallest absolute Gasteiger partial charge is 0.387 e. The van der Waals surface area contributed by atoms with E-state index < -0.39 is 6.61 Å². The number of aryl methyl sites for hydroxylation is 1. The van der Waals surface area contributed by atoms with Crippen molar-refractivity contribution in [3.05, 3.63) is 52.5 Å². The number of alkyl halides is 2. The van der Waals surface area contributed by atoms with E-state index in [0.717, 1.165) is 20.1 Å². The van der Waals surface area contributed by atoms with E-state index in [4.69, 9.17) is 11.6 Å². The molecule has 1 aromatic heterocycles. The maximum absolute atomic E-state index is 12.5. The van der Waals surface area contributed by atoms with Crippen molar-refractivity contribution >= 4 is 50.7 Å². The zero-order chi connectivity index (χ0) is 18.0. The molecule has 0 atom stereocenters. The van der Waals surface area contributed by atoms with Crippen molar-refractivity contribution in [3.63, 3.8) is 0 Å². The van der Waals surface area contributed by atoms with Crippen molar-refractivity contribution < 1.29 is 18.3 Å². The summed E-state index contributed by atoms with van der Waals surface area (Å²) in [6.45, 7) is -1.19. The van der Waals surface area contributed by atoms with E-state index in [0.29, 0.717) is 5.02 Å². The van der Waals surface area contributed by atoms with Gasteiger partial charge in [-0.05, 0) is 37.3 Å². The summed E-state index contributed by atoms with van der Waals surface area (Å²) in [7, 11) is 0. The highest BCUT2D eigenvalue weighted by atomic mass is 35.5. The average Bonchev–Trinajstić information content (AvgIpc) is 2.95. The minimum atomic E-state index is -2.98. The number of thiazole rings is 1. The molecule has 0 fully saturated rings. The topological polar surface area (TPSA) is 39.2 Å². The van der Waals surface area contributed by atoms with E-state index in [1.807, 2.05) is 6.07 Å². The molecule has 130 valence electrons. The molecule has 0 aliphatic rings. The lowest BCUT2D eigenvalue weighted by atomic mass is 10.1. The van der Waals surface area contributed by atoms with Crippen LogP contribution in [-0.4, -0.2) is 23.1 Å². The molecule has 0 aliphatic heterocycles. The van der Waals surface area contributed by atoms with Gasteiger partial charge in [-0.3, -0.25) is 4.79 Å². The summed E-state index contributed by atoms with van der Waals surface area (Å²) in [5.41, 5.74) is 1.71. The Bertz CT molecular complexity index is 930. The van der Waals surface area contributed by atoms with Crippen LogP contribution in [0.25, 0.3) is 10.2 Å². The van der Waals surface area contributed by atoms with Crippen LogP contribution in [0.5, 0.6) is 5.75 Å². The van der Waals surface area contributed by atoms with Gasteiger partial charge in [-0.15, -0.1) is 11.3 Å². The number of rotatable bonds is 6. The molecule has 0 bridgehead atoms. The number of Topliss-reactive ketones (excluding diaryl/α,β-unsaturated/α-hetero) is 1. The van der Waals surface area contributed by atoms with Crippen LogP contribution in [0.1, 0.15) is 15.9 Å². The highest BCUT2D eigenvalue weighted by molar-refractivity contribution is 8.01. The number of carbonyl (C=O) groups is 1. The summed E-state index contributed by atoms with van der Waals surface area (Å²) in [6.07, 6.45) is 0. The molecule has 0 radical (unpaired) electrons. The normalized spacial score (nSPS) is 11.2. The monoisotopic (exact) mass is 399 g/mol. The van der Waals surface area contributed by atoms with Crippen LogP contribution in [0.2, 0.25) is 5.02 Å². The molecular weight excluding hydrogens is 388 g/mol. The van der Waals surface area contributed by atoms with Crippen molar-refractivity contribution in [3.8, 4) is 5.75 Å². The summed E-state index contributed by atoms with van der Waals surface area (Å²) < 4.78 is 31.1. The fourth-order valence-corrected chi connectivity index (χ4v) is 4.31. The predicted octanol–water partition coefficient (Wildman–Crippen LogP) is 5.83. The van der Waals surface area contributed by atoms with Crippen LogP contribution in [0, 0.1) is 6.92 Å². The lowest BCUT2D eigenvalue weighted by Gasteiger charge is -2.10. The second-order valence-corrected chi connectivity index (χ2v) is 7.87. The molecule has 0 N–H and O–H groups in total. The van der Waals surface area contributed by atoms with E-state index in [-0.39, 0.29) is 22.8 Å². The second kappa shape index (κ2) is 7.68. The second-order valence-electron chi connectivity index (χ2n) is 5.18. The van der Waals surface area contributed by atoms with Crippen molar-refractivity contribution in [2.24, 2.45) is 0 Å². The zero-order valence-corrected chi connectivity index (χ0v) is 15.4. The maximum Gasteiger partial charge on any atom is 0.387 e. The molecule has 0 saturated carbocycles. The fraction of sp³-hybridized carbons (Fsp3) is 0.176. The van der Waals surface area contributed by atoms with Crippen molar-refractivity contribution in [1.29, 1.82) is 0 Å². The first-order valence-corrected chi connectivity index (χ1v) is 9.38.